The molecule has 0 bridgehead atoms. The minimum Gasteiger partial charge on any atom is -0.379 e. The Hall–Kier alpha value is -3.54. The van der Waals surface area contributed by atoms with Gasteiger partial charge in [-0.3, -0.25) is 14.3 Å². The van der Waals surface area contributed by atoms with Gasteiger partial charge in [-0.15, -0.1) is 0 Å². The Morgan fingerprint density at radius 1 is 1.03 bits per heavy atom. The van der Waals surface area contributed by atoms with E-state index >= 15 is 0 Å². The van der Waals surface area contributed by atoms with E-state index in [1.165, 1.54) is 6.92 Å². The lowest BCUT2D eigenvalue weighted by Crippen LogP contribution is -2.49. The van der Waals surface area contributed by atoms with Crippen molar-refractivity contribution in [2.45, 2.75) is 25.8 Å². The quantitative estimate of drug-likeness (QED) is 0.397. The van der Waals surface area contributed by atoms with Crippen LogP contribution in [0.1, 0.15) is 19.8 Å². The molecule has 1 amide bonds. The molecule has 0 saturated carbocycles. The second-order valence-electron chi connectivity index (χ2n) is 9.39. The van der Waals surface area contributed by atoms with Gasteiger partial charge in [0.25, 0.3) is 0 Å². The van der Waals surface area contributed by atoms with E-state index < -0.39 is 0 Å². The number of anilines is 4. The zero-order valence-electron chi connectivity index (χ0n) is 20.8. The zero-order chi connectivity index (χ0) is 25.2. The predicted molar refractivity (Wildman–Crippen MR) is 146 cm³/mol. The summed E-state index contributed by atoms with van der Waals surface area (Å²) in [4.78, 5) is 30.8. The number of aromatic nitrogens is 4. The molecular weight excluding hydrogens is 488 g/mol. The van der Waals surface area contributed by atoms with Gasteiger partial charge in [0.15, 0.2) is 17.0 Å². The number of benzene rings is 1. The Morgan fingerprint density at radius 3 is 2.49 bits per heavy atom. The molecule has 0 spiro atoms. The molecule has 2 aliphatic heterocycles. The number of carbonyl (C=O) groups excluding carboxylic acids is 1. The minimum atomic E-state index is -0.0979. The molecule has 3 aromatic heterocycles. The van der Waals surface area contributed by atoms with Gasteiger partial charge in [-0.1, -0.05) is 0 Å². The molecule has 2 N–H and O–H groups in total. The van der Waals surface area contributed by atoms with E-state index in [4.69, 9.17) is 14.7 Å². The molecular formula is C26H30N8O2S. The lowest BCUT2D eigenvalue weighted by molar-refractivity contribution is -0.114. The average Bonchev–Trinajstić information content (AvgIpc) is 3.60. The van der Waals surface area contributed by atoms with E-state index in [0.29, 0.717) is 23.3 Å². The molecule has 1 aromatic carbocycles. The predicted octanol–water partition coefficient (Wildman–Crippen LogP) is 3.88. The number of morpholine rings is 1. The Kier molecular flexibility index (Phi) is 6.73. The van der Waals surface area contributed by atoms with E-state index in [1.54, 1.807) is 17.7 Å². The van der Waals surface area contributed by atoms with Gasteiger partial charge in [-0.05, 0) is 48.6 Å². The first-order valence-electron chi connectivity index (χ1n) is 12.6. The summed E-state index contributed by atoms with van der Waals surface area (Å²) in [6, 6.07) is 10.2. The first kappa shape index (κ1) is 23.8. The van der Waals surface area contributed by atoms with E-state index in [1.807, 2.05) is 28.8 Å². The number of nitrogens with zero attached hydrogens (tertiary/aromatic N) is 6. The lowest BCUT2D eigenvalue weighted by atomic mass is 10.0. The van der Waals surface area contributed by atoms with Gasteiger partial charge in [-0.25, -0.2) is 4.98 Å². The van der Waals surface area contributed by atoms with Crippen molar-refractivity contribution in [3.05, 3.63) is 47.4 Å². The summed E-state index contributed by atoms with van der Waals surface area (Å²) < 4.78 is 7.55. The molecule has 2 aliphatic rings. The highest BCUT2D eigenvalue weighted by atomic mass is 32.1. The van der Waals surface area contributed by atoms with Crippen molar-refractivity contribution >= 4 is 51.5 Å². The molecule has 2 fully saturated rings. The van der Waals surface area contributed by atoms with Crippen LogP contribution in [0, 0.1) is 0 Å². The highest BCUT2D eigenvalue weighted by molar-refractivity contribution is 7.08. The summed E-state index contributed by atoms with van der Waals surface area (Å²) in [6.45, 7) is 7.00. The van der Waals surface area contributed by atoms with Crippen LogP contribution in [-0.4, -0.2) is 75.8 Å². The topological polar surface area (TPSA) is 100 Å². The normalized spacial score (nSPS) is 17.3. The van der Waals surface area contributed by atoms with Crippen molar-refractivity contribution in [2.24, 2.45) is 0 Å². The van der Waals surface area contributed by atoms with Crippen molar-refractivity contribution in [1.29, 1.82) is 0 Å². The number of nitrogens with one attached hydrogen (secondary N) is 2. The molecule has 4 aromatic rings. The smallest absolute Gasteiger partial charge is 0.229 e. The summed E-state index contributed by atoms with van der Waals surface area (Å²) in [6.07, 6.45) is 3.97. The minimum absolute atomic E-state index is 0.0979. The SMILES string of the molecule is CC(=O)Nc1ccc(Nc2nc(N3CCC(N4CCOCC4)CC3)nc3c2ncn3-c2ccsc2)cc1. The standard InChI is InChI=1S/C26H30N8O2S/c1-18(35)28-19-2-4-20(5-3-19)29-24-23-25(34(17-27-23)22-8-15-37-16-22)31-26(30-24)33-9-6-21(7-10-33)32-11-13-36-14-12-32/h2-5,8,15-17,21H,6-7,9-14H2,1H3,(H,28,35)(H,29,30,31). The third-order valence-electron chi connectivity index (χ3n) is 6.95. The molecule has 6 rings (SSSR count). The van der Waals surface area contributed by atoms with Gasteiger partial charge in [0.1, 0.15) is 6.33 Å². The molecule has 37 heavy (non-hydrogen) atoms. The van der Waals surface area contributed by atoms with Crippen molar-refractivity contribution in [3.63, 3.8) is 0 Å². The highest BCUT2D eigenvalue weighted by Gasteiger charge is 2.28. The van der Waals surface area contributed by atoms with Crippen LogP contribution < -0.4 is 15.5 Å². The Bertz CT molecular complexity index is 1360. The van der Waals surface area contributed by atoms with Crippen molar-refractivity contribution in [1.82, 2.24) is 24.4 Å². The summed E-state index contributed by atoms with van der Waals surface area (Å²) >= 11 is 1.64. The second-order valence-corrected chi connectivity index (χ2v) is 10.2. The maximum absolute atomic E-state index is 11.4. The largest absolute Gasteiger partial charge is 0.379 e. The Labute approximate surface area is 219 Å². The second kappa shape index (κ2) is 10.4. The van der Waals surface area contributed by atoms with Gasteiger partial charge in [0.05, 0.1) is 18.9 Å². The molecule has 0 aliphatic carbocycles. The molecule has 11 heteroatoms. The van der Waals surface area contributed by atoms with Crippen molar-refractivity contribution < 1.29 is 9.53 Å². The number of rotatable bonds is 6. The van der Waals surface area contributed by atoms with E-state index in [-0.39, 0.29) is 5.91 Å². The number of hydrogen-bond donors (Lipinski definition) is 2. The Balaban J connectivity index is 1.29. The molecule has 2 saturated heterocycles. The number of carbonyl (C=O) groups is 1. The van der Waals surface area contributed by atoms with E-state index in [0.717, 1.165) is 74.9 Å². The van der Waals surface area contributed by atoms with Gasteiger partial charge in [-0.2, -0.15) is 21.3 Å². The summed E-state index contributed by atoms with van der Waals surface area (Å²) in [5.74, 6) is 1.28. The van der Waals surface area contributed by atoms with Crippen LogP contribution in [0.4, 0.5) is 23.1 Å². The number of imidazole rings is 1. The Morgan fingerprint density at radius 2 is 1.78 bits per heavy atom. The highest BCUT2D eigenvalue weighted by Crippen LogP contribution is 2.30. The zero-order valence-corrected chi connectivity index (χ0v) is 21.6. The van der Waals surface area contributed by atoms with Crippen molar-refractivity contribution in [3.8, 4) is 5.69 Å². The van der Waals surface area contributed by atoms with E-state index in [9.17, 15) is 4.79 Å². The third-order valence-corrected chi connectivity index (χ3v) is 7.62. The van der Waals surface area contributed by atoms with Gasteiger partial charge in [0, 0.05) is 55.9 Å². The molecule has 10 nitrogen and oxygen atoms in total. The van der Waals surface area contributed by atoms with Gasteiger partial charge < -0.3 is 20.3 Å². The fourth-order valence-corrected chi connectivity index (χ4v) is 5.68. The summed E-state index contributed by atoms with van der Waals surface area (Å²) in [5.41, 5.74) is 4.13. The first-order valence-corrected chi connectivity index (χ1v) is 13.6. The van der Waals surface area contributed by atoms with Crippen LogP contribution in [0.3, 0.4) is 0 Å². The maximum atomic E-state index is 11.4. The van der Waals surface area contributed by atoms with E-state index in [2.05, 4.69) is 42.2 Å². The number of fused-ring (bicyclic) bond motifs is 1. The number of thiophene rings is 1. The fraction of sp³-hybridized carbons (Fsp3) is 0.385. The van der Waals surface area contributed by atoms with Crippen LogP contribution in [0.5, 0.6) is 0 Å². The number of amides is 1. The molecule has 5 heterocycles. The van der Waals surface area contributed by atoms with Gasteiger partial charge >= 0.3 is 0 Å². The molecule has 0 radical (unpaired) electrons. The number of hydrogen-bond acceptors (Lipinski definition) is 9. The first-order chi connectivity index (χ1) is 18.1. The lowest BCUT2D eigenvalue weighted by Gasteiger charge is -2.40. The molecule has 192 valence electrons. The number of ether oxygens (including phenoxy) is 1. The summed E-state index contributed by atoms with van der Waals surface area (Å²) in [7, 11) is 0. The van der Waals surface area contributed by atoms with Crippen LogP contribution in [0.25, 0.3) is 16.9 Å². The van der Waals surface area contributed by atoms with Crippen LogP contribution in [0.2, 0.25) is 0 Å². The monoisotopic (exact) mass is 518 g/mol. The van der Waals surface area contributed by atoms with Gasteiger partial charge in [0.2, 0.25) is 11.9 Å². The van der Waals surface area contributed by atoms with Crippen LogP contribution >= 0.6 is 11.3 Å². The molecule has 0 atom stereocenters. The summed E-state index contributed by atoms with van der Waals surface area (Å²) in [5, 5.41) is 10.4. The van der Waals surface area contributed by atoms with Crippen molar-refractivity contribution in [2.75, 3.05) is 54.9 Å². The van der Waals surface area contributed by atoms with Crippen LogP contribution in [-0.2, 0) is 9.53 Å². The average molecular weight is 519 g/mol. The van der Waals surface area contributed by atoms with Crippen LogP contribution in [0.15, 0.2) is 47.4 Å². The fourth-order valence-electron chi connectivity index (χ4n) is 5.05. The maximum Gasteiger partial charge on any atom is 0.229 e. The third kappa shape index (κ3) is 5.15. The molecule has 0 unspecified atom stereocenters. The number of piperidine rings is 1.